The van der Waals surface area contributed by atoms with Gasteiger partial charge in [0.1, 0.15) is 0 Å². The summed E-state index contributed by atoms with van der Waals surface area (Å²) >= 11 is 0. The summed E-state index contributed by atoms with van der Waals surface area (Å²) in [5, 5.41) is 6.55. The molecule has 0 radical (unpaired) electrons. The minimum atomic E-state index is -0.429. The Morgan fingerprint density at radius 2 is 1.97 bits per heavy atom. The zero-order chi connectivity index (χ0) is 24.3. The molecule has 188 valence electrons. The van der Waals surface area contributed by atoms with Crippen molar-refractivity contribution in [1.82, 2.24) is 15.5 Å². The average molecular weight is 471 g/mol. The minimum absolute atomic E-state index is 0.000962. The molecule has 4 rings (SSSR count). The van der Waals surface area contributed by atoms with Gasteiger partial charge < -0.3 is 25.2 Å². The predicted octanol–water partition coefficient (Wildman–Crippen LogP) is 2.76. The zero-order valence-electron chi connectivity index (χ0n) is 21.3. The second kappa shape index (κ2) is 10.6. The third kappa shape index (κ3) is 5.92. The number of carbonyl (C=O) groups is 2. The number of anilines is 1. The Morgan fingerprint density at radius 1 is 1.21 bits per heavy atom. The normalized spacial score (nSPS) is 24.6. The number of nitrogens with zero attached hydrogens (tertiary/aromatic N) is 2. The number of carbonyl (C=O) groups excluding carboxylic acids is 2. The minimum Gasteiger partial charge on any atom is -0.385 e. The number of benzene rings is 1. The summed E-state index contributed by atoms with van der Waals surface area (Å²) in [6.07, 6.45) is 3.91. The van der Waals surface area contributed by atoms with Gasteiger partial charge in [0.15, 0.2) is 0 Å². The van der Waals surface area contributed by atoms with E-state index < -0.39 is 5.41 Å². The van der Waals surface area contributed by atoms with Crippen LogP contribution < -0.4 is 15.5 Å². The van der Waals surface area contributed by atoms with Gasteiger partial charge in [-0.3, -0.25) is 9.59 Å². The lowest BCUT2D eigenvalue weighted by Crippen LogP contribution is -2.54. The Balaban J connectivity index is 1.41. The number of nitrogens with one attached hydrogen (secondary N) is 2. The molecule has 2 aliphatic heterocycles. The van der Waals surface area contributed by atoms with E-state index >= 15 is 0 Å². The van der Waals surface area contributed by atoms with E-state index in [2.05, 4.69) is 44.7 Å². The van der Waals surface area contributed by atoms with Crippen molar-refractivity contribution in [2.75, 3.05) is 51.3 Å². The van der Waals surface area contributed by atoms with Gasteiger partial charge in [0.2, 0.25) is 11.8 Å². The molecule has 2 N–H and O–H groups in total. The quantitative estimate of drug-likeness (QED) is 0.543. The van der Waals surface area contributed by atoms with Crippen LogP contribution in [0.4, 0.5) is 5.69 Å². The highest BCUT2D eigenvalue weighted by Crippen LogP contribution is 2.39. The highest BCUT2D eigenvalue weighted by molar-refractivity contribution is 5.82. The SMILES string of the molecule is COCCCN1CC(CN(C(=O)[C@H]2CNC[C@@H](NC(=O)C(C)(C)C)C2)C2CC2)c2ccccc21. The van der Waals surface area contributed by atoms with Gasteiger partial charge in [-0.25, -0.2) is 0 Å². The largest absolute Gasteiger partial charge is 0.385 e. The second-order valence-electron chi connectivity index (χ2n) is 11.3. The van der Waals surface area contributed by atoms with E-state index in [-0.39, 0.29) is 23.8 Å². The highest BCUT2D eigenvalue weighted by Gasteiger charge is 2.41. The summed E-state index contributed by atoms with van der Waals surface area (Å²) in [7, 11) is 1.75. The maximum absolute atomic E-state index is 13.7. The van der Waals surface area contributed by atoms with Gasteiger partial charge >= 0.3 is 0 Å². The molecule has 2 heterocycles. The summed E-state index contributed by atoms with van der Waals surface area (Å²) in [4.78, 5) is 30.9. The van der Waals surface area contributed by atoms with Crippen LogP contribution in [0, 0.1) is 11.3 Å². The summed E-state index contributed by atoms with van der Waals surface area (Å²) < 4.78 is 5.26. The Labute approximate surface area is 204 Å². The van der Waals surface area contributed by atoms with Gasteiger partial charge in [-0.15, -0.1) is 0 Å². The Kier molecular flexibility index (Phi) is 7.83. The maximum atomic E-state index is 13.7. The Morgan fingerprint density at radius 3 is 2.68 bits per heavy atom. The average Bonchev–Trinajstić information content (AvgIpc) is 3.60. The molecule has 34 heavy (non-hydrogen) atoms. The summed E-state index contributed by atoms with van der Waals surface area (Å²) in [6.45, 7) is 10.6. The topological polar surface area (TPSA) is 73.9 Å². The third-order valence-electron chi connectivity index (χ3n) is 7.34. The molecule has 2 fully saturated rings. The molecule has 0 bridgehead atoms. The number of ether oxygens (including phenoxy) is 1. The predicted molar refractivity (Wildman–Crippen MR) is 135 cm³/mol. The molecule has 3 aliphatic rings. The van der Waals surface area contributed by atoms with Crippen molar-refractivity contribution >= 4 is 17.5 Å². The van der Waals surface area contributed by atoms with Gasteiger partial charge in [0.25, 0.3) is 0 Å². The van der Waals surface area contributed by atoms with Crippen LogP contribution in [0.2, 0.25) is 0 Å². The van der Waals surface area contributed by atoms with Crippen LogP contribution in [0.1, 0.15) is 57.9 Å². The first-order valence-corrected chi connectivity index (χ1v) is 12.9. The van der Waals surface area contributed by atoms with Crippen LogP contribution in [-0.4, -0.2) is 75.2 Å². The zero-order valence-corrected chi connectivity index (χ0v) is 21.3. The number of methoxy groups -OCH3 is 1. The van der Waals surface area contributed by atoms with E-state index in [1.165, 1.54) is 11.3 Å². The van der Waals surface area contributed by atoms with E-state index in [4.69, 9.17) is 4.74 Å². The molecule has 7 nitrogen and oxygen atoms in total. The van der Waals surface area contributed by atoms with Crippen LogP contribution in [-0.2, 0) is 14.3 Å². The first kappa shape index (κ1) is 25.0. The Hall–Kier alpha value is -2.12. The Bertz CT molecular complexity index is 864. The lowest BCUT2D eigenvalue weighted by molar-refractivity contribution is -0.138. The van der Waals surface area contributed by atoms with Crippen molar-refractivity contribution in [3.63, 3.8) is 0 Å². The number of fused-ring (bicyclic) bond motifs is 1. The fourth-order valence-corrected chi connectivity index (χ4v) is 5.27. The van der Waals surface area contributed by atoms with Crippen molar-refractivity contribution in [3.8, 4) is 0 Å². The number of hydrogen-bond donors (Lipinski definition) is 2. The molecule has 1 aromatic rings. The van der Waals surface area contributed by atoms with Crippen LogP contribution in [0.3, 0.4) is 0 Å². The number of amides is 2. The van der Waals surface area contributed by atoms with Crippen LogP contribution in [0.15, 0.2) is 24.3 Å². The lowest BCUT2D eigenvalue weighted by atomic mass is 9.91. The van der Waals surface area contributed by atoms with Crippen LogP contribution >= 0.6 is 0 Å². The van der Waals surface area contributed by atoms with Gasteiger partial charge in [-0.2, -0.15) is 0 Å². The van der Waals surface area contributed by atoms with E-state index in [0.29, 0.717) is 24.9 Å². The van der Waals surface area contributed by atoms with Gasteiger partial charge in [0.05, 0.1) is 5.92 Å². The molecule has 1 aliphatic carbocycles. The summed E-state index contributed by atoms with van der Waals surface area (Å²) in [6, 6.07) is 9.02. The fourth-order valence-electron chi connectivity index (χ4n) is 5.27. The van der Waals surface area contributed by atoms with E-state index in [0.717, 1.165) is 52.0 Å². The second-order valence-corrected chi connectivity index (χ2v) is 11.3. The monoisotopic (exact) mass is 470 g/mol. The smallest absolute Gasteiger partial charge is 0.227 e. The highest BCUT2D eigenvalue weighted by atomic mass is 16.5. The molecular formula is C27H42N4O3. The molecule has 1 saturated carbocycles. The van der Waals surface area contributed by atoms with Crippen molar-refractivity contribution in [2.24, 2.45) is 11.3 Å². The first-order chi connectivity index (χ1) is 16.3. The fraction of sp³-hybridized carbons (Fsp3) is 0.704. The van der Waals surface area contributed by atoms with Crippen molar-refractivity contribution < 1.29 is 14.3 Å². The molecule has 1 saturated heterocycles. The number of rotatable bonds is 9. The van der Waals surface area contributed by atoms with Crippen LogP contribution in [0.5, 0.6) is 0 Å². The van der Waals surface area contributed by atoms with Crippen molar-refractivity contribution in [2.45, 2.75) is 64.5 Å². The van der Waals surface area contributed by atoms with Crippen molar-refractivity contribution in [3.05, 3.63) is 29.8 Å². The number of piperidine rings is 1. The van der Waals surface area contributed by atoms with E-state index in [1.54, 1.807) is 7.11 Å². The molecule has 7 heteroatoms. The molecular weight excluding hydrogens is 428 g/mol. The molecule has 1 unspecified atom stereocenters. The lowest BCUT2D eigenvalue weighted by Gasteiger charge is -2.35. The van der Waals surface area contributed by atoms with E-state index in [1.807, 2.05) is 20.8 Å². The van der Waals surface area contributed by atoms with E-state index in [9.17, 15) is 9.59 Å². The summed E-state index contributed by atoms with van der Waals surface area (Å²) in [5.74, 6) is 0.535. The maximum Gasteiger partial charge on any atom is 0.227 e. The molecule has 1 aromatic carbocycles. The molecule has 0 aromatic heterocycles. The van der Waals surface area contributed by atoms with Gasteiger partial charge in [-0.05, 0) is 37.3 Å². The van der Waals surface area contributed by atoms with Crippen LogP contribution in [0.25, 0.3) is 0 Å². The van der Waals surface area contributed by atoms with Crippen molar-refractivity contribution in [1.29, 1.82) is 0 Å². The molecule has 3 atom stereocenters. The molecule has 2 amide bonds. The van der Waals surface area contributed by atoms with Gasteiger partial charge in [-0.1, -0.05) is 39.0 Å². The van der Waals surface area contributed by atoms with Gasteiger partial charge in [0, 0.05) is 75.5 Å². The summed E-state index contributed by atoms with van der Waals surface area (Å²) in [5.41, 5.74) is 2.23. The number of para-hydroxylation sites is 1. The first-order valence-electron chi connectivity index (χ1n) is 12.9. The molecule has 0 spiro atoms. The standard InChI is InChI=1S/C27H42N4O3/c1-27(2,3)26(33)29-21-14-19(15-28-16-21)25(32)31(22-10-11-22)18-20-17-30(12-7-13-34-4)24-9-6-5-8-23(20)24/h5-6,8-9,19-22,28H,7,10-18H2,1-4H3,(H,29,33)/t19-,20?,21+/m1/s1. The number of hydrogen-bond acceptors (Lipinski definition) is 5. The third-order valence-corrected chi connectivity index (χ3v) is 7.34.